The molecule has 29 heavy (non-hydrogen) atoms. The van der Waals surface area contributed by atoms with Crippen LogP contribution in [0.5, 0.6) is 0 Å². The summed E-state index contributed by atoms with van der Waals surface area (Å²) >= 11 is 1.45. The SMILES string of the molecule is NC(=O)[C@H]1CCCCN1C(=O)COC(=O)c1ccc(-c2nc3ccccc3s2)o1. The van der Waals surface area contributed by atoms with Crippen LogP contribution in [-0.4, -0.2) is 46.9 Å². The lowest BCUT2D eigenvalue weighted by atomic mass is 10.0. The van der Waals surface area contributed by atoms with E-state index in [-0.39, 0.29) is 5.76 Å². The molecule has 1 atom stereocenters. The molecule has 9 heteroatoms. The first-order valence-corrected chi connectivity index (χ1v) is 10.1. The number of benzene rings is 1. The zero-order chi connectivity index (χ0) is 20.4. The molecule has 1 saturated heterocycles. The van der Waals surface area contributed by atoms with Crippen molar-refractivity contribution in [1.29, 1.82) is 0 Å². The first-order valence-electron chi connectivity index (χ1n) is 9.24. The van der Waals surface area contributed by atoms with Gasteiger partial charge in [0.2, 0.25) is 11.7 Å². The van der Waals surface area contributed by atoms with E-state index in [2.05, 4.69) is 4.98 Å². The van der Waals surface area contributed by atoms with Gasteiger partial charge < -0.3 is 19.8 Å². The third-order valence-corrected chi connectivity index (χ3v) is 5.84. The molecule has 0 unspecified atom stereocenters. The van der Waals surface area contributed by atoms with Gasteiger partial charge in [0, 0.05) is 6.54 Å². The predicted octanol–water partition coefficient (Wildman–Crippen LogP) is 2.58. The Balaban J connectivity index is 1.40. The number of carbonyl (C=O) groups is 3. The summed E-state index contributed by atoms with van der Waals surface area (Å²) in [6.07, 6.45) is 2.14. The summed E-state index contributed by atoms with van der Waals surface area (Å²) in [5.41, 5.74) is 6.22. The summed E-state index contributed by atoms with van der Waals surface area (Å²) in [4.78, 5) is 42.0. The third kappa shape index (κ3) is 4.00. The molecular weight excluding hydrogens is 394 g/mol. The fourth-order valence-corrected chi connectivity index (χ4v) is 4.27. The first-order chi connectivity index (χ1) is 14.0. The van der Waals surface area contributed by atoms with Crippen LogP contribution < -0.4 is 5.73 Å². The number of esters is 1. The van der Waals surface area contributed by atoms with E-state index in [1.807, 2.05) is 24.3 Å². The van der Waals surface area contributed by atoms with Crippen LogP contribution in [0.25, 0.3) is 21.0 Å². The Hall–Kier alpha value is -3.20. The molecule has 0 aliphatic carbocycles. The molecule has 1 aliphatic heterocycles. The Morgan fingerprint density at radius 2 is 2.03 bits per heavy atom. The Morgan fingerprint density at radius 1 is 1.21 bits per heavy atom. The second kappa shape index (κ2) is 8.04. The van der Waals surface area contributed by atoms with Gasteiger partial charge in [-0.3, -0.25) is 9.59 Å². The number of aromatic nitrogens is 1. The minimum atomic E-state index is -0.752. The highest BCUT2D eigenvalue weighted by molar-refractivity contribution is 7.21. The molecule has 2 aromatic heterocycles. The smallest absolute Gasteiger partial charge is 0.374 e. The number of nitrogens with two attached hydrogens (primary N) is 1. The Bertz CT molecular complexity index is 1040. The van der Waals surface area contributed by atoms with Crippen molar-refractivity contribution in [2.45, 2.75) is 25.3 Å². The molecule has 0 saturated carbocycles. The number of likely N-dealkylation sites (tertiary alicyclic amines) is 1. The van der Waals surface area contributed by atoms with E-state index in [1.165, 1.54) is 22.3 Å². The number of primary amides is 1. The standard InChI is InChI=1S/C20H19N3O5S/c21-18(25)13-6-3-4-10-23(13)17(24)11-27-20(26)15-9-8-14(28-15)19-22-12-5-1-2-7-16(12)29-19/h1-2,5,7-9,13H,3-4,6,10-11H2,(H2,21,25)/t13-/m1/s1. The van der Waals surface area contributed by atoms with Gasteiger partial charge in [-0.15, -0.1) is 11.3 Å². The summed E-state index contributed by atoms with van der Waals surface area (Å²) in [5.74, 6) is -1.31. The van der Waals surface area contributed by atoms with E-state index in [0.29, 0.717) is 23.7 Å². The van der Waals surface area contributed by atoms with Crippen molar-refractivity contribution in [2.75, 3.05) is 13.2 Å². The molecular formula is C20H19N3O5S. The van der Waals surface area contributed by atoms with E-state index >= 15 is 0 Å². The van der Waals surface area contributed by atoms with Crippen molar-refractivity contribution in [1.82, 2.24) is 9.88 Å². The summed E-state index contributed by atoms with van der Waals surface area (Å²) in [7, 11) is 0. The number of para-hydroxylation sites is 1. The maximum Gasteiger partial charge on any atom is 0.374 e. The van der Waals surface area contributed by atoms with E-state index in [1.54, 1.807) is 6.07 Å². The average Bonchev–Trinajstić information content (AvgIpc) is 3.38. The van der Waals surface area contributed by atoms with Crippen LogP contribution in [0.15, 0.2) is 40.8 Å². The van der Waals surface area contributed by atoms with Crippen LogP contribution in [0.4, 0.5) is 0 Å². The average molecular weight is 413 g/mol. The molecule has 2 amide bonds. The van der Waals surface area contributed by atoms with Crippen LogP contribution >= 0.6 is 11.3 Å². The molecule has 4 rings (SSSR count). The lowest BCUT2D eigenvalue weighted by Crippen LogP contribution is -2.51. The van der Waals surface area contributed by atoms with Crippen molar-refractivity contribution in [2.24, 2.45) is 5.73 Å². The summed E-state index contributed by atoms with van der Waals surface area (Å²) in [5, 5.41) is 0.652. The van der Waals surface area contributed by atoms with Gasteiger partial charge in [-0.25, -0.2) is 9.78 Å². The quantitative estimate of drug-likeness (QED) is 0.643. The molecule has 1 fully saturated rings. The maximum atomic E-state index is 12.4. The number of hydrogen-bond donors (Lipinski definition) is 1. The second-order valence-corrected chi connectivity index (χ2v) is 7.76. The summed E-state index contributed by atoms with van der Waals surface area (Å²) in [6.45, 7) is -0.0493. The lowest BCUT2D eigenvalue weighted by molar-refractivity contribution is -0.143. The van der Waals surface area contributed by atoms with Crippen LogP contribution in [0.1, 0.15) is 29.8 Å². The largest absolute Gasteiger partial charge is 0.450 e. The Kier molecular flexibility index (Phi) is 5.30. The fourth-order valence-electron chi connectivity index (χ4n) is 3.35. The topological polar surface area (TPSA) is 116 Å². The molecule has 1 aliphatic rings. The van der Waals surface area contributed by atoms with Gasteiger partial charge in [-0.05, 0) is 43.5 Å². The van der Waals surface area contributed by atoms with Gasteiger partial charge in [0.25, 0.3) is 5.91 Å². The highest BCUT2D eigenvalue weighted by Gasteiger charge is 2.31. The van der Waals surface area contributed by atoms with Gasteiger partial charge in [-0.1, -0.05) is 12.1 Å². The second-order valence-electron chi connectivity index (χ2n) is 6.73. The van der Waals surface area contributed by atoms with E-state index in [4.69, 9.17) is 14.9 Å². The van der Waals surface area contributed by atoms with Crippen molar-refractivity contribution < 1.29 is 23.5 Å². The zero-order valence-electron chi connectivity index (χ0n) is 15.5. The number of amides is 2. The number of nitrogens with zero attached hydrogens (tertiary/aromatic N) is 2. The first kappa shape index (κ1) is 19.1. The van der Waals surface area contributed by atoms with Gasteiger partial charge >= 0.3 is 5.97 Å². The molecule has 0 bridgehead atoms. The molecule has 3 aromatic rings. The molecule has 2 N–H and O–H groups in total. The number of fused-ring (bicyclic) bond motifs is 1. The summed E-state index contributed by atoms with van der Waals surface area (Å²) < 4.78 is 11.7. The van der Waals surface area contributed by atoms with Crippen LogP contribution in [0.2, 0.25) is 0 Å². The molecule has 3 heterocycles. The van der Waals surface area contributed by atoms with Gasteiger partial charge in [-0.2, -0.15) is 0 Å². The number of ether oxygens (including phenoxy) is 1. The van der Waals surface area contributed by atoms with Crippen LogP contribution in [0.3, 0.4) is 0 Å². The number of hydrogen-bond acceptors (Lipinski definition) is 7. The highest BCUT2D eigenvalue weighted by atomic mass is 32.1. The maximum absolute atomic E-state index is 12.4. The Morgan fingerprint density at radius 3 is 2.83 bits per heavy atom. The zero-order valence-corrected chi connectivity index (χ0v) is 16.3. The van der Waals surface area contributed by atoms with Gasteiger partial charge in [0.1, 0.15) is 6.04 Å². The fraction of sp³-hybridized carbons (Fsp3) is 0.300. The molecule has 150 valence electrons. The molecule has 0 radical (unpaired) electrons. The number of carbonyl (C=O) groups excluding carboxylic acids is 3. The highest BCUT2D eigenvalue weighted by Crippen LogP contribution is 2.31. The number of rotatable bonds is 5. The van der Waals surface area contributed by atoms with Crippen molar-refractivity contribution in [3.05, 3.63) is 42.2 Å². The molecule has 8 nitrogen and oxygen atoms in total. The van der Waals surface area contributed by atoms with Crippen LogP contribution in [0, 0.1) is 0 Å². The van der Waals surface area contributed by atoms with E-state index in [9.17, 15) is 14.4 Å². The number of thiazole rings is 1. The van der Waals surface area contributed by atoms with E-state index in [0.717, 1.165) is 23.1 Å². The number of piperidine rings is 1. The van der Waals surface area contributed by atoms with Crippen molar-refractivity contribution >= 4 is 39.3 Å². The minimum absolute atomic E-state index is 0.0165. The monoisotopic (exact) mass is 413 g/mol. The lowest BCUT2D eigenvalue weighted by Gasteiger charge is -2.33. The molecule has 0 spiro atoms. The summed E-state index contributed by atoms with van der Waals surface area (Å²) in [6, 6.07) is 10.2. The molecule has 1 aromatic carbocycles. The van der Waals surface area contributed by atoms with Crippen molar-refractivity contribution in [3.8, 4) is 10.8 Å². The Labute approximate surface area is 170 Å². The normalized spacial score (nSPS) is 16.7. The third-order valence-electron chi connectivity index (χ3n) is 4.79. The predicted molar refractivity (Wildman–Crippen MR) is 106 cm³/mol. The minimum Gasteiger partial charge on any atom is -0.450 e. The number of furan rings is 1. The van der Waals surface area contributed by atoms with Crippen LogP contribution in [-0.2, 0) is 14.3 Å². The van der Waals surface area contributed by atoms with Gasteiger partial charge in [0.15, 0.2) is 17.4 Å². The van der Waals surface area contributed by atoms with E-state index < -0.39 is 30.4 Å². The van der Waals surface area contributed by atoms with Crippen molar-refractivity contribution in [3.63, 3.8) is 0 Å². The van der Waals surface area contributed by atoms with Gasteiger partial charge in [0.05, 0.1) is 10.2 Å².